The number of carbonyl (C=O) groups is 2. The highest BCUT2D eigenvalue weighted by molar-refractivity contribution is 6.01. The highest BCUT2D eigenvalue weighted by Gasteiger charge is 2.58. The number of rotatable bonds is 3. The fourth-order valence-corrected chi connectivity index (χ4v) is 2.69. The topological polar surface area (TPSA) is 87.1 Å². The van der Waals surface area contributed by atoms with Crippen LogP contribution in [0.25, 0.3) is 0 Å². The Labute approximate surface area is 135 Å². The lowest BCUT2D eigenvalue weighted by molar-refractivity contribution is -0.203. The van der Waals surface area contributed by atoms with Gasteiger partial charge < -0.3 is 19.8 Å². The summed E-state index contributed by atoms with van der Waals surface area (Å²) >= 11 is 0. The van der Waals surface area contributed by atoms with Crippen LogP contribution in [0.15, 0.2) is 24.3 Å². The maximum absolute atomic E-state index is 12.8. The fourth-order valence-electron chi connectivity index (χ4n) is 2.69. The second-order valence-corrected chi connectivity index (χ2v) is 6.90. The molecule has 1 heterocycles. The van der Waals surface area contributed by atoms with Gasteiger partial charge in [0.1, 0.15) is 0 Å². The van der Waals surface area contributed by atoms with Crippen LogP contribution < -0.4 is 4.90 Å². The average molecular weight is 321 g/mol. The molecule has 1 fully saturated rings. The summed E-state index contributed by atoms with van der Waals surface area (Å²) in [5.41, 5.74) is -1.67. The number of nitrogens with zero attached hydrogens (tertiary/aromatic N) is 1. The number of amides is 1. The van der Waals surface area contributed by atoms with E-state index in [0.29, 0.717) is 12.2 Å². The van der Waals surface area contributed by atoms with Gasteiger partial charge in [-0.05, 0) is 19.1 Å². The van der Waals surface area contributed by atoms with Crippen molar-refractivity contribution in [2.24, 2.45) is 5.41 Å². The number of benzene rings is 1. The molecule has 23 heavy (non-hydrogen) atoms. The minimum Gasteiger partial charge on any atom is -0.479 e. The zero-order chi connectivity index (χ0) is 17.4. The Morgan fingerprint density at radius 1 is 1.26 bits per heavy atom. The Bertz CT molecular complexity index is 604. The van der Waals surface area contributed by atoms with Crippen LogP contribution in [0.1, 0.15) is 26.3 Å². The monoisotopic (exact) mass is 321 g/mol. The smallest absolute Gasteiger partial charge is 0.339 e. The molecule has 0 saturated carbocycles. The lowest BCUT2D eigenvalue weighted by Gasteiger charge is -2.44. The molecule has 0 bridgehead atoms. The number of hydrogen-bond donors (Lipinski definition) is 2. The number of aliphatic hydroxyl groups is 1. The fraction of sp³-hybridized carbons (Fsp3) is 0.529. The van der Waals surface area contributed by atoms with E-state index in [4.69, 9.17) is 4.74 Å². The maximum Gasteiger partial charge on any atom is 0.339 e. The zero-order valence-electron chi connectivity index (χ0n) is 13.9. The van der Waals surface area contributed by atoms with Gasteiger partial charge in [-0.15, -0.1) is 0 Å². The lowest BCUT2D eigenvalue weighted by atomic mass is 9.72. The summed E-state index contributed by atoms with van der Waals surface area (Å²) in [7, 11) is 0. The first kappa shape index (κ1) is 17.4. The first-order valence-electron chi connectivity index (χ1n) is 7.54. The molecule has 6 heteroatoms. The van der Waals surface area contributed by atoms with E-state index in [1.165, 1.54) is 4.90 Å². The SMILES string of the molecule is Cc1ccc(N2CCO[C@H]([C@@](O)(C(=O)O)C(C)(C)C)C2=O)cc1. The summed E-state index contributed by atoms with van der Waals surface area (Å²) < 4.78 is 5.40. The van der Waals surface area contributed by atoms with Gasteiger partial charge in [0.15, 0.2) is 6.10 Å². The molecule has 1 amide bonds. The van der Waals surface area contributed by atoms with Crippen molar-refractivity contribution >= 4 is 17.6 Å². The molecule has 1 aliphatic heterocycles. The predicted molar refractivity (Wildman–Crippen MR) is 85.3 cm³/mol. The Morgan fingerprint density at radius 2 is 1.83 bits per heavy atom. The van der Waals surface area contributed by atoms with Crippen LogP contribution in [0.2, 0.25) is 0 Å². The van der Waals surface area contributed by atoms with E-state index in [1.807, 2.05) is 19.1 Å². The van der Waals surface area contributed by atoms with Gasteiger partial charge in [-0.1, -0.05) is 38.5 Å². The number of carbonyl (C=O) groups excluding carboxylic acids is 1. The second-order valence-electron chi connectivity index (χ2n) is 6.90. The zero-order valence-corrected chi connectivity index (χ0v) is 13.9. The molecule has 2 rings (SSSR count). The van der Waals surface area contributed by atoms with Gasteiger partial charge in [-0.25, -0.2) is 4.79 Å². The number of ether oxygens (including phenoxy) is 1. The van der Waals surface area contributed by atoms with Crippen molar-refractivity contribution in [3.05, 3.63) is 29.8 Å². The molecule has 1 aromatic rings. The van der Waals surface area contributed by atoms with Gasteiger partial charge in [0.25, 0.3) is 5.91 Å². The molecule has 1 aliphatic rings. The normalized spacial score (nSPS) is 21.9. The van der Waals surface area contributed by atoms with Crippen LogP contribution in [0.5, 0.6) is 0 Å². The van der Waals surface area contributed by atoms with Gasteiger partial charge in [0, 0.05) is 17.6 Å². The molecular formula is C17H23NO5. The highest BCUT2D eigenvalue weighted by Crippen LogP contribution is 2.37. The van der Waals surface area contributed by atoms with E-state index < -0.39 is 29.0 Å². The van der Waals surface area contributed by atoms with E-state index in [2.05, 4.69) is 0 Å². The molecule has 1 saturated heterocycles. The molecule has 0 aliphatic carbocycles. The first-order valence-corrected chi connectivity index (χ1v) is 7.54. The van der Waals surface area contributed by atoms with Crippen LogP contribution in [0.3, 0.4) is 0 Å². The minimum absolute atomic E-state index is 0.163. The Morgan fingerprint density at radius 3 is 2.30 bits per heavy atom. The van der Waals surface area contributed by atoms with E-state index in [0.717, 1.165) is 5.56 Å². The first-order chi connectivity index (χ1) is 10.6. The molecule has 6 nitrogen and oxygen atoms in total. The van der Waals surface area contributed by atoms with Crippen LogP contribution >= 0.6 is 0 Å². The summed E-state index contributed by atoms with van der Waals surface area (Å²) in [5.74, 6) is -2.01. The van der Waals surface area contributed by atoms with Crippen molar-refractivity contribution in [3.63, 3.8) is 0 Å². The van der Waals surface area contributed by atoms with Gasteiger partial charge in [-0.3, -0.25) is 4.79 Å². The van der Waals surface area contributed by atoms with Crippen LogP contribution in [-0.2, 0) is 14.3 Å². The Hall–Kier alpha value is -1.92. The number of aliphatic carboxylic acids is 1. The van der Waals surface area contributed by atoms with Crippen molar-refractivity contribution in [1.82, 2.24) is 0 Å². The van der Waals surface area contributed by atoms with E-state index in [9.17, 15) is 19.8 Å². The number of carboxylic acids is 1. The third kappa shape index (κ3) is 2.96. The molecule has 0 spiro atoms. The molecule has 0 aromatic heterocycles. The van der Waals surface area contributed by atoms with Crippen LogP contribution in [-0.4, -0.2) is 46.9 Å². The van der Waals surface area contributed by atoms with Crippen LogP contribution in [0.4, 0.5) is 5.69 Å². The molecule has 126 valence electrons. The summed E-state index contributed by atoms with van der Waals surface area (Å²) in [6.07, 6.45) is -1.45. The molecule has 1 aromatic carbocycles. The number of carboxylic acid groups (broad SMARTS) is 1. The molecule has 0 unspecified atom stereocenters. The largest absolute Gasteiger partial charge is 0.479 e. The maximum atomic E-state index is 12.8. The number of morpholine rings is 1. The van der Waals surface area contributed by atoms with Gasteiger partial charge in [-0.2, -0.15) is 0 Å². The van der Waals surface area contributed by atoms with Gasteiger partial charge >= 0.3 is 5.97 Å². The van der Waals surface area contributed by atoms with Crippen molar-refractivity contribution in [1.29, 1.82) is 0 Å². The highest BCUT2D eigenvalue weighted by atomic mass is 16.5. The number of hydrogen-bond acceptors (Lipinski definition) is 4. The van der Waals surface area contributed by atoms with E-state index in [1.54, 1.807) is 32.9 Å². The Balaban J connectivity index is 2.39. The summed E-state index contributed by atoms with van der Waals surface area (Å²) in [6.45, 7) is 7.14. The Kier molecular flexibility index (Phi) is 4.50. The van der Waals surface area contributed by atoms with Crippen molar-refractivity contribution in [2.75, 3.05) is 18.1 Å². The van der Waals surface area contributed by atoms with Crippen molar-refractivity contribution in [3.8, 4) is 0 Å². The number of anilines is 1. The lowest BCUT2D eigenvalue weighted by Crippen LogP contribution is -2.66. The molecule has 0 radical (unpaired) electrons. The second kappa shape index (κ2) is 5.94. The van der Waals surface area contributed by atoms with Crippen molar-refractivity contribution < 1.29 is 24.5 Å². The predicted octanol–water partition coefficient (Wildman–Crippen LogP) is 1.59. The minimum atomic E-state index is -2.31. The van der Waals surface area contributed by atoms with E-state index >= 15 is 0 Å². The summed E-state index contributed by atoms with van der Waals surface area (Å²) in [5, 5.41) is 20.3. The average Bonchev–Trinajstić information content (AvgIpc) is 2.46. The molecular weight excluding hydrogens is 298 g/mol. The summed E-state index contributed by atoms with van der Waals surface area (Å²) in [4.78, 5) is 26.0. The third-order valence-electron chi connectivity index (χ3n) is 4.28. The molecule has 2 N–H and O–H groups in total. The number of aryl methyl sites for hydroxylation is 1. The van der Waals surface area contributed by atoms with E-state index in [-0.39, 0.29) is 6.61 Å². The quantitative estimate of drug-likeness (QED) is 0.883. The van der Waals surface area contributed by atoms with Gasteiger partial charge in [0.2, 0.25) is 5.60 Å². The van der Waals surface area contributed by atoms with Gasteiger partial charge in [0.05, 0.1) is 6.61 Å². The van der Waals surface area contributed by atoms with Crippen LogP contribution in [0, 0.1) is 12.3 Å². The summed E-state index contributed by atoms with van der Waals surface area (Å²) in [6, 6.07) is 7.35. The standard InChI is InChI=1S/C17H23NO5/c1-11-5-7-12(8-6-11)18-9-10-23-13(14(18)19)17(22,15(20)21)16(2,3)4/h5-8,13,22H,9-10H2,1-4H3,(H,20,21)/t13-,17+/m0/s1. The molecule has 2 atom stereocenters. The third-order valence-corrected chi connectivity index (χ3v) is 4.28. The van der Waals surface area contributed by atoms with Crippen molar-refractivity contribution in [2.45, 2.75) is 39.4 Å².